The first kappa shape index (κ1) is 94.9. The Balaban J connectivity index is 0.753. The van der Waals surface area contributed by atoms with E-state index >= 15 is 0 Å². The van der Waals surface area contributed by atoms with Crippen molar-refractivity contribution in [3.05, 3.63) is 197 Å². The number of esters is 3. The van der Waals surface area contributed by atoms with Gasteiger partial charge < -0.3 is 42.6 Å². The number of carbonyl (C=O) groups excluding carboxylic acids is 3. The molecular formula is C102H141N3O12. The van der Waals surface area contributed by atoms with Gasteiger partial charge in [-0.3, -0.25) is 15.0 Å². The maximum Gasteiger partial charge on any atom is 0.338 e. The third-order valence-electron chi connectivity index (χ3n) is 20.8. The van der Waals surface area contributed by atoms with E-state index in [-0.39, 0.29) is 36.5 Å². The van der Waals surface area contributed by atoms with Gasteiger partial charge in [0.25, 0.3) is 0 Å². The van der Waals surface area contributed by atoms with Crippen LogP contribution in [0.4, 0.5) is 17.1 Å². The van der Waals surface area contributed by atoms with Crippen molar-refractivity contribution in [1.29, 1.82) is 0 Å². The number of carbonyl (C=O) groups is 3. The van der Waals surface area contributed by atoms with E-state index in [1.165, 1.54) is 153 Å². The number of hydrogen-bond donors (Lipinski definition) is 0. The second-order valence-corrected chi connectivity index (χ2v) is 31.0. The van der Waals surface area contributed by atoms with Crippen molar-refractivity contribution >= 4 is 53.6 Å². The van der Waals surface area contributed by atoms with E-state index in [0.717, 1.165) is 204 Å². The molecular weight excluding hydrogens is 1460 g/mol. The van der Waals surface area contributed by atoms with Crippen LogP contribution in [0, 0.1) is 0 Å². The van der Waals surface area contributed by atoms with Crippen LogP contribution in [-0.2, 0) is 14.2 Å². The lowest BCUT2D eigenvalue weighted by Crippen LogP contribution is -2.14. The molecule has 117 heavy (non-hydrogen) atoms. The number of unbranched alkanes of at least 4 members (excludes halogenated alkanes) is 36. The van der Waals surface area contributed by atoms with Crippen molar-refractivity contribution in [3.8, 4) is 34.5 Å². The summed E-state index contributed by atoms with van der Waals surface area (Å²) in [6, 6.07) is 52.2. The zero-order valence-electron chi connectivity index (χ0n) is 71.6. The molecule has 0 atom stereocenters. The molecule has 15 nitrogen and oxygen atoms in total. The molecule has 0 bridgehead atoms. The van der Waals surface area contributed by atoms with Gasteiger partial charge in [0.05, 0.1) is 93.2 Å². The summed E-state index contributed by atoms with van der Waals surface area (Å²) in [6.07, 6.45) is 53.0. The molecule has 0 amide bonds. The minimum Gasteiger partial charge on any atom is -0.494 e. The van der Waals surface area contributed by atoms with E-state index in [0.29, 0.717) is 39.1 Å². The van der Waals surface area contributed by atoms with Gasteiger partial charge in [0.15, 0.2) is 0 Å². The molecule has 0 aliphatic carbocycles. The van der Waals surface area contributed by atoms with Crippen LogP contribution in [-0.4, -0.2) is 96.0 Å². The second-order valence-electron chi connectivity index (χ2n) is 31.0. The highest BCUT2D eigenvalue weighted by atomic mass is 16.5. The minimum atomic E-state index is -0.608. The lowest BCUT2D eigenvalue weighted by atomic mass is 10.1. The Morgan fingerprint density at radius 1 is 0.214 bits per heavy atom. The van der Waals surface area contributed by atoms with Gasteiger partial charge in [-0.1, -0.05) is 233 Å². The van der Waals surface area contributed by atoms with Crippen LogP contribution in [0.3, 0.4) is 0 Å². The van der Waals surface area contributed by atoms with Crippen molar-refractivity contribution in [2.75, 3.05) is 59.5 Å². The number of aliphatic imine (C=N–C) groups is 3. The number of nitrogens with zero attached hydrogens (tertiary/aromatic N) is 3. The van der Waals surface area contributed by atoms with Crippen LogP contribution in [0.15, 0.2) is 179 Å². The topological polar surface area (TPSA) is 171 Å². The molecule has 7 rings (SSSR count). The van der Waals surface area contributed by atoms with Gasteiger partial charge in [0, 0.05) is 18.6 Å². The van der Waals surface area contributed by atoms with Gasteiger partial charge in [-0.05, 0) is 238 Å². The fourth-order valence-electron chi connectivity index (χ4n) is 13.6. The molecule has 0 unspecified atom stereocenters. The van der Waals surface area contributed by atoms with Crippen molar-refractivity contribution in [1.82, 2.24) is 0 Å². The van der Waals surface area contributed by atoms with Crippen LogP contribution in [0.1, 0.15) is 338 Å². The highest BCUT2D eigenvalue weighted by molar-refractivity contribution is 6.00. The number of ether oxygens (including phenoxy) is 9. The molecule has 0 N–H and O–H groups in total. The first-order valence-electron chi connectivity index (χ1n) is 45.4. The van der Waals surface area contributed by atoms with Crippen molar-refractivity contribution in [2.24, 2.45) is 15.0 Å². The summed E-state index contributed by atoms with van der Waals surface area (Å²) in [5.74, 6) is 3.31. The first-order chi connectivity index (χ1) is 57.7. The van der Waals surface area contributed by atoms with E-state index in [4.69, 9.17) is 42.6 Å². The van der Waals surface area contributed by atoms with E-state index in [1.807, 2.05) is 164 Å². The van der Waals surface area contributed by atoms with Crippen LogP contribution in [0.25, 0.3) is 0 Å². The monoisotopic (exact) mass is 1600 g/mol. The summed E-state index contributed by atoms with van der Waals surface area (Å²) in [5.41, 5.74) is 5.93. The normalized spacial score (nSPS) is 11.4. The van der Waals surface area contributed by atoms with E-state index in [2.05, 4.69) is 35.7 Å². The highest BCUT2D eigenvalue weighted by Crippen LogP contribution is 2.26. The lowest BCUT2D eigenvalue weighted by molar-refractivity contribution is 0.0494. The third kappa shape index (κ3) is 44.8. The summed E-state index contributed by atoms with van der Waals surface area (Å²) >= 11 is 0. The van der Waals surface area contributed by atoms with E-state index in [1.54, 1.807) is 0 Å². The molecule has 7 aromatic rings. The molecule has 7 aromatic carbocycles. The average Bonchev–Trinajstić information content (AvgIpc) is 0.827. The van der Waals surface area contributed by atoms with Gasteiger partial charge in [0.1, 0.15) is 34.5 Å². The fourth-order valence-corrected chi connectivity index (χ4v) is 13.6. The summed E-state index contributed by atoms with van der Waals surface area (Å²) in [4.78, 5) is 54.8. The van der Waals surface area contributed by atoms with Crippen molar-refractivity contribution in [3.63, 3.8) is 0 Å². The summed E-state index contributed by atoms with van der Waals surface area (Å²) in [7, 11) is 0. The van der Waals surface area contributed by atoms with Gasteiger partial charge in [-0.25, -0.2) is 14.4 Å². The number of rotatable bonds is 69. The molecule has 636 valence electrons. The van der Waals surface area contributed by atoms with Crippen LogP contribution < -0.4 is 28.4 Å². The Labute approximate surface area is 703 Å². The lowest BCUT2D eigenvalue weighted by Gasteiger charge is -2.11. The van der Waals surface area contributed by atoms with Crippen LogP contribution in [0.2, 0.25) is 0 Å². The first-order valence-corrected chi connectivity index (χ1v) is 45.4. The Hall–Kier alpha value is -9.24. The highest BCUT2D eigenvalue weighted by Gasteiger charge is 2.20. The van der Waals surface area contributed by atoms with E-state index < -0.39 is 17.9 Å². The summed E-state index contributed by atoms with van der Waals surface area (Å²) in [6.45, 7) is 11.5. The minimum absolute atomic E-state index is 0.103. The van der Waals surface area contributed by atoms with Crippen LogP contribution >= 0.6 is 0 Å². The predicted octanol–water partition coefficient (Wildman–Crippen LogP) is 28.2. The quantitative estimate of drug-likeness (QED) is 0.0153. The van der Waals surface area contributed by atoms with Gasteiger partial charge in [0.2, 0.25) is 0 Å². The van der Waals surface area contributed by atoms with Gasteiger partial charge in [-0.2, -0.15) is 0 Å². The van der Waals surface area contributed by atoms with Crippen molar-refractivity contribution in [2.45, 2.75) is 290 Å². The predicted molar refractivity (Wildman–Crippen MR) is 482 cm³/mol. The molecule has 0 aliphatic heterocycles. The standard InChI is InChI=1S/C102H141N3O12/c1-4-7-10-13-16-19-28-37-70-109-94-58-46-85(47-59-94)82-103-91-52-64-97(65-53-91)112-73-40-31-22-25-34-43-76-115-100(106)88-79-89(101(107)116-77-44-35-26-23-32-41-74-113-98-66-54-92(55-67-98)104-83-86-48-60-95(61-49-86)110-71-38-29-20-17-14-11-8-5-2)81-90(80-88)102(108)117-78-45-36-27-24-33-42-75-114-99-68-56-93(57-69-99)105-84-87-50-62-96(63-51-87)111-72-39-30-21-18-15-12-9-6-3/h46-69,79-84H,4-45,70-78H2,1-3H3. The number of hydrogen-bond acceptors (Lipinski definition) is 15. The molecule has 0 aliphatic rings. The third-order valence-corrected chi connectivity index (χ3v) is 20.8. The van der Waals surface area contributed by atoms with E-state index in [9.17, 15) is 14.4 Å². The molecule has 0 saturated heterocycles. The number of benzene rings is 7. The molecule has 0 heterocycles. The summed E-state index contributed by atoms with van der Waals surface area (Å²) < 4.78 is 53.2. The SMILES string of the molecule is CCCCCCCCCCOc1ccc(C=Nc2ccc(OCCCCCCCCOC(=O)c3cc(C(=O)OCCCCCCCCOc4ccc(N=Cc5ccc(OCCCCCCCCCC)cc5)cc4)cc(C(=O)OCCCCCCCCOc4ccc(N=Cc5ccc(OCCCCCCCCCC)cc5)cc4)c3)cc2)cc1. The Morgan fingerprint density at radius 2 is 0.376 bits per heavy atom. The zero-order valence-corrected chi connectivity index (χ0v) is 71.6. The second kappa shape index (κ2) is 62.9. The summed E-state index contributed by atoms with van der Waals surface area (Å²) in [5, 5.41) is 0. The maximum absolute atomic E-state index is 13.6. The average molecular weight is 1600 g/mol. The largest absolute Gasteiger partial charge is 0.494 e. The molecule has 0 spiro atoms. The molecule has 15 heteroatoms. The fraction of sp³-hybridized carbons (Fsp3) is 0.529. The molecule has 0 aromatic heterocycles. The van der Waals surface area contributed by atoms with Gasteiger partial charge >= 0.3 is 17.9 Å². The Morgan fingerprint density at radius 3 is 0.564 bits per heavy atom. The molecule has 0 radical (unpaired) electrons. The van der Waals surface area contributed by atoms with Crippen LogP contribution in [0.5, 0.6) is 34.5 Å². The van der Waals surface area contributed by atoms with Gasteiger partial charge in [-0.15, -0.1) is 0 Å². The zero-order chi connectivity index (χ0) is 82.2. The Bertz CT molecular complexity index is 3380. The smallest absolute Gasteiger partial charge is 0.338 e. The Kier molecular flexibility index (Phi) is 51.0. The molecule has 0 fully saturated rings. The molecule has 0 saturated carbocycles. The van der Waals surface area contributed by atoms with Crippen molar-refractivity contribution < 1.29 is 57.0 Å². The maximum atomic E-state index is 13.6.